The molecule has 0 N–H and O–H groups in total. The molecule has 20 heavy (non-hydrogen) atoms. The molecule has 4 nitrogen and oxygen atoms in total. The van der Waals surface area contributed by atoms with E-state index in [1.54, 1.807) is 0 Å². The minimum atomic E-state index is 0.215. The Hall–Kier alpha value is -1.33. The van der Waals surface area contributed by atoms with Crippen LogP contribution in [0.1, 0.15) is 25.3 Å². The highest BCUT2D eigenvalue weighted by atomic mass is 79.9. The summed E-state index contributed by atoms with van der Waals surface area (Å²) >= 11 is 9.51. The third-order valence-corrected chi connectivity index (χ3v) is 3.43. The average Bonchev–Trinajstić information content (AvgIpc) is 2.42. The highest BCUT2D eigenvalue weighted by molar-refractivity contribution is 9.10. The molecule has 0 aliphatic heterocycles. The molecule has 0 atom stereocenters. The molecule has 0 fully saturated rings. The van der Waals surface area contributed by atoms with Gasteiger partial charge in [-0.05, 0) is 29.7 Å². The molecule has 0 unspecified atom stereocenters. The monoisotopic (exact) mass is 356 g/mol. The van der Waals surface area contributed by atoms with Crippen LogP contribution in [0, 0.1) is 0 Å². The van der Waals surface area contributed by atoms with E-state index in [1.807, 2.05) is 18.2 Å². The summed E-state index contributed by atoms with van der Waals surface area (Å²) in [5, 5.41) is 0.337. The second-order valence-electron chi connectivity index (χ2n) is 4.45. The minimum absolute atomic E-state index is 0.215. The Labute approximate surface area is 131 Å². The van der Waals surface area contributed by atoms with Gasteiger partial charge in [-0.1, -0.05) is 41.4 Å². The summed E-state index contributed by atoms with van der Waals surface area (Å²) in [4.78, 5) is 8.03. The molecule has 1 heterocycles. The van der Waals surface area contributed by atoms with Crippen molar-refractivity contribution in [3.05, 3.63) is 39.5 Å². The summed E-state index contributed by atoms with van der Waals surface area (Å²) in [6.45, 7) is 4.19. The summed E-state index contributed by atoms with van der Waals surface area (Å²) in [7, 11) is 1.49. The van der Waals surface area contributed by atoms with Crippen LogP contribution in [-0.2, 0) is 0 Å². The first-order chi connectivity index (χ1) is 9.51. The smallest absolute Gasteiger partial charge is 0.319 e. The molecular weight excluding hydrogens is 344 g/mol. The van der Waals surface area contributed by atoms with Gasteiger partial charge in [0, 0.05) is 4.47 Å². The lowest BCUT2D eigenvalue weighted by Crippen LogP contribution is -1.98. The SMILES string of the molecule is COc1ncc(Cl)c(Oc2ccc(Br)cc2C(C)C)n1. The van der Waals surface area contributed by atoms with Crippen molar-refractivity contribution in [1.82, 2.24) is 9.97 Å². The first kappa shape index (κ1) is 15.1. The van der Waals surface area contributed by atoms with E-state index < -0.39 is 0 Å². The number of benzene rings is 1. The van der Waals surface area contributed by atoms with Crippen LogP contribution in [0.25, 0.3) is 0 Å². The second-order valence-corrected chi connectivity index (χ2v) is 5.77. The van der Waals surface area contributed by atoms with Crippen molar-refractivity contribution in [2.75, 3.05) is 7.11 Å². The third-order valence-electron chi connectivity index (χ3n) is 2.67. The summed E-state index contributed by atoms with van der Waals surface area (Å²) in [6.07, 6.45) is 1.45. The predicted octanol–water partition coefficient (Wildman–Crippen LogP) is 4.82. The molecular formula is C14H14BrClN2O2. The fourth-order valence-corrected chi connectivity index (χ4v) is 2.18. The van der Waals surface area contributed by atoms with E-state index in [4.69, 9.17) is 21.1 Å². The fraction of sp³-hybridized carbons (Fsp3) is 0.286. The zero-order valence-corrected chi connectivity index (χ0v) is 13.7. The van der Waals surface area contributed by atoms with Gasteiger partial charge in [-0.3, -0.25) is 0 Å². The van der Waals surface area contributed by atoms with Crippen LogP contribution in [0.2, 0.25) is 5.02 Å². The van der Waals surface area contributed by atoms with Crippen molar-refractivity contribution < 1.29 is 9.47 Å². The van der Waals surface area contributed by atoms with Crippen molar-refractivity contribution in [2.45, 2.75) is 19.8 Å². The Morgan fingerprint density at radius 3 is 2.70 bits per heavy atom. The van der Waals surface area contributed by atoms with Gasteiger partial charge >= 0.3 is 6.01 Å². The number of hydrogen-bond donors (Lipinski definition) is 0. The summed E-state index contributed by atoms with van der Waals surface area (Å²) < 4.78 is 11.8. The van der Waals surface area contributed by atoms with Crippen LogP contribution in [0.4, 0.5) is 0 Å². The molecule has 6 heteroatoms. The van der Waals surface area contributed by atoms with E-state index in [0.29, 0.717) is 16.7 Å². The fourth-order valence-electron chi connectivity index (χ4n) is 1.67. The first-order valence-electron chi connectivity index (χ1n) is 6.05. The van der Waals surface area contributed by atoms with Crippen molar-refractivity contribution in [3.63, 3.8) is 0 Å². The normalized spacial score (nSPS) is 10.7. The Bertz CT molecular complexity index is 620. The van der Waals surface area contributed by atoms with Crippen molar-refractivity contribution in [3.8, 4) is 17.6 Å². The predicted molar refractivity (Wildman–Crippen MR) is 81.9 cm³/mol. The first-order valence-corrected chi connectivity index (χ1v) is 7.22. The van der Waals surface area contributed by atoms with Gasteiger partial charge in [0.15, 0.2) is 0 Å². The largest absolute Gasteiger partial charge is 0.467 e. The maximum Gasteiger partial charge on any atom is 0.319 e. The zero-order valence-electron chi connectivity index (χ0n) is 11.4. The molecule has 0 aliphatic carbocycles. The number of ether oxygens (including phenoxy) is 2. The summed E-state index contributed by atoms with van der Waals surface area (Å²) in [5.41, 5.74) is 1.06. The number of aromatic nitrogens is 2. The second kappa shape index (κ2) is 6.41. The molecule has 2 rings (SSSR count). The highest BCUT2D eigenvalue weighted by Gasteiger charge is 2.13. The van der Waals surface area contributed by atoms with Gasteiger partial charge in [0.05, 0.1) is 13.3 Å². The molecule has 0 aliphatic rings. The van der Waals surface area contributed by atoms with E-state index in [0.717, 1.165) is 10.0 Å². The van der Waals surface area contributed by atoms with E-state index in [-0.39, 0.29) is 11.9 Å². The molecule has 1 aromatic heterocycles. The van der Waals surface area contributed by atoms with E-state index in [2.05, 4.69) is 39.7 Å². The maximum absolute atomic E-state index is 6.05. The summed E-state index contributed by atoms with van der Waals surface area (Å²) in [5.74, 6) is 1.30. The number of rotatable bonds is 4. The Kier molecular flexibility index (Phi) is 4.83. The summed E-state index contributed by atoms with van der Waals surface area (Å²) in [6, 6.07) is 6.03. The Morgan fingerprint density at radius 2 is 2.05 bits per heavy atom. The van der Waals surface area contributed by atoms with Crippen LogP contribution in [0.3, 0.4) is 0 Å². The number of nitrogens with zero attached hydrogens (tertiary/aromatic N) is 2. The lowest BCUT2D eigenvalue weighted by Gasteiger charge is -2.14. The molecule has 0 spiro atoms. The van der Waals surface area contributed by atoms with Crippen molar-refractivity contribution in [2.24, 2.45) is 0 Å². The molecule has 0 bridgehead atoms. The standard InChI is InChI=1S/C14H14BrClN2O2/c1-8(2)10-6-9(15)4-5-12(10)20-13-11(16)7-17-14(18-13)19-3/h4-8H,1-3H3. The van der Waals surface area contributed by atoms with Crippen molar-refractivity contribution >= 4 is 27.5 Å². The molecule has 0 saturated carbocycles. The average molecular weight is 358 g/mol. The van der Waals surface area contributed by atoms with E-state index in [9.17, 15) is 0 Å². The molecule has 106 valence electrons. The van der Waals surface area contributed by atoms with Gasteiger partial charge in [0.2, 0.25) is 5.88 Å². The molecule has 0 saturated heterocycles. The van der Waals surface area contributed by atoms with Gasteiger partial charge in [0.1, 0.15) is 10.8 Å². The van der Waals surface area contributed by atoms with Crippen molar-refractivity contribution in [1.29, 1.82) is 0 Å². The number of halogens is 2. The van der Waals surface area contributed by atoms with Gasteiger partial charge in [-0.15, -0.1) is 0 Å². The highest BCUT2D eigenvalue weighted by Crippen LogP contribution is 2.34. The number of methoxy groups -OCH3 is 1. The van der Waals surface area contributed by atoms with Gasteiger partial charge < -0.3 is 9.47 Å². The van der Waals surface area contributed by atoms with Crippen LogP contribution in [0.15, 0.2) is 28.9 Å². The molecule has 0 amide bonds. The minimum Gasteiger partial charge on any atom is -0.467 e. The van der Waals surface area contributed by atoms with Crippen LogP contribution < -0.4 is 9.47 Å². The van der Waals surface area contributed by atoms with Gasteiger partial charge in [0.25, 0.3) is 0 Å². The lowest BCUT2D eigenvalue weighted by atomic mass is 10.0. The van der Waals surface area contributed by atoms with Crippen LogP contribution in [0.5, 0.6) is 17.6 Å². The Balaban J connectivity index is 2.39. The molecule has 1 aromatic carbocycles. The quantitative estimate of drug-likeness (QED) is 0.787. The van der Waals surface area contributed by atoms with E-state index >= 15 is 0 Å². The van der Waals surface area contributed by atoms with E-state index in [1.165, 1.54) is 13.3 Å². The van der Waals surface area contributed by atoms with Gasteiger partial charge in [-0.2, -0.15) is 4.98 Å². The lowest BCUT2D eigenvalue weighted by molar-refractivity contribution is 0.365. The maximum atomic E-state index is 6.05. The zero-order chi connectivity index (χ0) is 14.7. The molecule has 0 radical (unpaired) electrons. The van der Waals surface area contributed by atoms with Crippen LogP contribution >= 0.6 is 27.5 Å². The van der Waals surface area contributed by atoms with Crippen LogP contribution in [-0.4, -0.2) is 17.1 Å². The third kappa shape index (κ3) is 3.41. The van der Waals surface area contributed by atoms with Gasteiger partial charge in [-0.25, -0.2) is 4.98 Å². The molecule has 2 aromatic rings. The Morgan fingerprint density at radius 1 is 1.30 bits per heavy atom. The number of hydrogen-bond acceptors (Lipinski definition) is 4. The topological polar surface area (TPSA) is 44.2 Å².